The van der Waals surface area contributed by atoms with Crippen LogP contribution in [0.3, 0.4) is 0 Å². The summed E-state index contributed by atoms with van der Waals surface area (Å²) in [5.74, 6) is 1.08. The van der Waals surface area contributed by atoms with Crippen molar-refractivity contribution in [3.05, 3.63) is 13.2 Å². The van der Waals surface area contributed by atoms with E-state index in [4.69, 9.17) is 0 Å². The largest absolute Gasteiger partial charge is 0.106 e. The molecule has 0 radical (unpaired) electrons. The van der Waals surface area contributed by atoms with Gasteiger partial charge in [0.2, 0.25) is 0 Å². The SMILES string of the molecule is C1CC1.C=C.CC.CC1CC1. The molecule has 68 valence electrons. The molecule has 0 heteroatoms. The van der Waals surface area contributed by atoms with Crippen LogP contribution in [-0.2, 0) is 0 Å². The smallest absolute Gasteiger partial charge is 0.0443 e. The van der Waals surface area contributed by atoms with E-state index in [1.54, 1.807) is 0 Å². The first kappa shape index (κ1) is 13.3. The van der Waals surface area contributed by atoms with Crippen molar-refractivity contribution < 1.29 is 0 Å². The van der Waals surface area contributed by atoms with Crippen LogP contribution in [0.4, 0.5) is 0 Å². The molecular weight excluding hydrogens is 132 g/mol. The van der Waals surface area contributed by atoms with Gasteiger partial charge in [-0.25, -0.2) is 0 Å². The van der Waals surface area contributed by atoms with E-state index in [2.05, 4.69) is 20.1 Å². The Hall–Kier alpha value is -0.260. The summed E-state index contributed by atoms with van der Waals surface area (Å²) in [5, 5.41) is 0. The molecule has 2 aliphatic carbocycles. The minimum atomic E-state index is 1.08. The topological polar surface area (TPSA) is 0 Å². The lowest BCUT2D eigenvalue weighted by Gasteiger charge is -1.53. The quantitative estimate of drug-likeness (QED) is 0.456. The Morgan fingerprint density at radius 3 is 1.09 bits per heavy atom. The molecule has 0 unspecified atom stereocenters. The van der Waals surface area contributed by atoms with E-state index in [0.717, 1.165) is 5.92 Å². The molecule has 0 bridgehead atoms. The fraction of sp³-hybridized carbons (Fsp3) is 0.818. The van der Waals surface area contributed by atoms with Crippen LogP contribution in [0.15, 0.2) is 13.2 Å². The van der Waals surface area contributed by atoms with Crippen LogP contribution in [0, 0.1) is 5.92 Å². The normalized spacial score (nSPS) is 17.0. The molecule has 0 spiro atoms. The van der Waals surface area contributed by atoms with Crippen molar-refractivity contribution >= 4 is 0 Å². The number of hydrogen-bond donors (Lipinski definition) is 0. The molecule has 2 rings (SSSR count). The zero-order valence-corrected chi connectivity index (χ0v) is 8.53. The third kappa shape index (κ3) is 41.7. The molecule has 2 aliphatic rings. The molecule has 0 saturated heterocycles. The Labute approximate surface area is 72.7 Å². The van der Waals surface area contributed by atoms with Crippen molar-refractivity contribution in [2.45, 2.75) is 52.9 Å². The van der Waals surface area contributed by atoms with E-state index in [1.165, 1.54) is 32.1 Å². The van der Waals surface area contributed by atoms with Gasteiger partial charge in [0.25, 0.3) is 0 Å². The zero-order valence-electron chi connectivity index (χ0n) is 8.53. The van der Waals surface area contributed by atoms with E-state index in [1.807, 2.05) is 13.8 Å². The minimum Gasteiger partial charge on any atom is -0.106 e. The van der Waals surface area contributed by atoms with Crippen molar-refractivity contribution in [3.8, 4) is 0 Å². The van der Waals surface area contributed by atoms with E-state index < -0.39 is 0 Å². The molecule has 0 atom stereocenters. The molecule has 0 aromatic rings. The Morgan fingerprint density at radius 2 is 1.09 bits per heavy atom. The minimum absolute atomic E-state index is 1.08. The Kier molecular flexibility index (Phi) is 15.1. The Balaban J connectivity index is 0. The maximum atomic E-state index is 3.00. The highest BCUT2D eigenvalue weighted by molar-refractivity contribution is 4.65. The average molecular weight is 156 g/mol. The molecule has 0 heterocycles. The summed E-state index contributed by atoms with van der Waals surface area (Å²) < 4.78 is 0. The Morgan fingerprint density at radius 1 is 0.909 bits per heavy atom. The lowest BCUT2D eigenvalue weighted by atomic mass is 10.5. The van der Waals surface area contributed by atoms with Gasteiger partial charge in [0.15, 0.2) is 0 Å². The van der Waals surface area contributed by atoms with Crippen molar-refractivity contribution in [3.63, 3.8) is 0 Å². The van der Waals surface area contributed by atoms with Gasteiger partial charge < -0.3 is 0 Å². The Bertz CT molecular complexity index is 48.3. The average Bonchev–Trinajstić information content (AvgIpc) is 2.91. The van der Waals surface area contributed by atoms with Gasteiger partial charge in [-0.1, -0.05) is 52.9 Å². The fourth-order valence-corrected chi connectivity index (χ4v) is 0.167. The second-order valence-corrected chi connectivity index (χ2v) is 2.74. The highest BCUT2D eigenvalue weighted by Gasteiger charge is 2.12. The molecule has 2 saturated carbocycles. The summed E-state index contributed by atoms with van der Waals surface area (Å²) in [6.45, 7) is 12.3. The predicted octanol–water partition coefficient (Wildman–Crippen LogP) is 4.42. The van der Waals surface area contributed by atoms with Gasteiger partial charge in [-0.3, -0.25) is 0 Å². The third-order valence-corrected chi connectivity index (χ3v) is 1.22. The van der Waals surface area contributed by atoms with Gasteiger partial charge in [-0.05, 0) is 5.92 Å². The molecule has 0 aromatic heterocycles. The van der Waals surface area contributed by atoms with Crippen molar-refractivity contribution in [2.75, 3.05) is 0 Å². The lowest BCUT2D eigenvalue weighted by molar-refractivity contribution is 0.983. The van der Waals surface area contributed by atoms with E-state index >= 15 is 0 Å². The lowest BCUT2D eigenvalue weighted by Crippen LogP contribution is -1.42. The van der Waals surface area contributed by atoms with Gasteiger partial charge in [-0.2, -0.15) is 0 Å². The molecule has 2 fully saturated rings. The monoisotopic (exact) mass is 156 g/mol. The van der Waals surface area contributed by atoms with Crippen molar-refractivity contribution in [1.82, 2.24) is 0 Å². The van der Waals surface area contributed by atoms with E-state index in [9.17, 15) is 0 Å². The molecular formula is C11H24. The first-order chi connectivity index (χ1) is 5.39. The van der Waals surface area contributed by atoms with Crippen LogP contribution < -0.4 is 0 Å². The summed E-state index contributed by atoms with van der Waals surface area (Å²) in [5.41, 5.74) is 0. The fourth-order valence-electron chi connectivity index (χ4n) is 0.167. The second kappa shape index (κ2) is 12.4. The van der Waals surface area contributed by atoms with Crippen LogP contribution in [0.1, 0.15) is 52.9 Å². The highest BCUT2D eigenvalue weighted by atomic mass is 14.2. The third-order valence-electron chi connectivity index (χ3n) is 1.22. The maximum absolute atomic E-state index is 3.00. The van der Waals surface area contributed by atoms with Crippen LogP contribution in [-0.4, -0.2) is 0 Å². The van der Waals surface area contributed by atoms with Crippen LogP contribution in [0.25, 0.3) is 0 Å². The van der Waals surface area contributed by atoms with Gasteiger partial charge in [0.1, 0.15) is 0 Å². The standard InChI is InChI=1S/C4H8.C3H6.C2H6.C2H4/c1-4-2-3-4;1-2-3-1;2*1-2/h4H,2-3H2,1H3;1-3H2;1-2H3;1-2H2. The van der Waals surface area contributed by atoms with Crippen molar-refractivity contribution in [2.24, 2.45) is 5.92 Å². The van der Waals surface area contributed by atoms with Gasteiger partial charge in [0, 0.05) is 0 Å². The highest BCUT2D eigenvalue weighted by Crippen LogP contribution is 2.26. The van der Waals surface area contributed by atoms with Gasteiger partial charge in [-0.15, -0.1) is 13.2 Å². The van der Waals surface area contributed by atoms with E-state index in [-0.39, 0.29) is 0 Å². The van der Waals surface area contributed by atoms with E-state index in [0.29, 0.717) is 0 Å². The predicted molar refractivity (Wildman–Crippen MR) is 54.9 cm³/mol. The summed E-state index contributed by atoms with van der Waals surface area (Å²) in [4.78, 5) is 0. The summed E-state index contributed by atoms with van der Waals surface area (Å²) in [6.07, 6.45) is 7.47. The first-order valence-corrected chi connectivity index (χ1v) is 4.89. The number of rotatable bonds is 0. The summed E-state index contributed by atoms with van der Waals surface area (Å²) in [7, 11) is 0. The first-order valence-electron chi connectivity index (χ1n) is 4.89. The van der Waals surface area contributed by atoms with Gasteiger partial charge in [0.05, 0.1) is 0 Å². The zero-order chi connectivity index (χ0) is 9.11. The molecule has 0 nitrogen and oxygen atoms in total. The van der Waals surface area contributed by atoms with Crippen LogP contribution in [0.5, 0.6) is 0 Å². The van der Waals surface area contributed by atoms with Crippen LogP contribution in [0.2, 0.25) is 0 Å². The van der Waals surface area contributed by atoms with Crippen LogP contribution >= 0.6 is 0 Å². The second-order valence-electron chi connectivity index (χ2n) is 2.74. The molecule has 0 aliphatic heterocycles. The van der Waals surface area contributed by atoms with Gasteiger partial charge >= 0.3 is 0 Å². The molecule has 11 heavy (non-hydrogen) atoms. The number of hydrogen-bond acceptors (Lipinski definition) is 0. The molecule has 0 aromatic carbocycles. The molecule has 0 N–H and O–H groups in total. The molecule has 0 amide bonds. The summed E-state index contributed by atoms with van der Waals surface area (Å²) in [6, 6.07) is 0. The summed E-state index contributed by atoms with van der Waals surface area (Å²) >= 11 is 0. The van der Waals surface area contributed by atoms with Crippen molar-refractivity contribution in [1.29, 1.82) is 0 Å². The maximum Gasteiger partial charge on any atom is -0.0443 e.